The van der Waals surface area contributed by atoms with Crippen LogP contribution in [0.5, 0.6) is 5.75 Å². The fraction of sp³-hybridized carbons (Fsp3) is 0.333. The number of amides is 1. The van der Waals surface area contributed by atoms with Crippen molar-refractivity contribution in [1.82, 2.24) is 4.90 Å². The summed E-state index contributed by atoms with van der Waals surface area (Å²) in [7, 11) is 1.43. The molecule has 1 aromatic heterocycles. The Morgan fingerprint density at radius 3 is 2.53 bits per heavy atom. The van der Waals surface area contributed by atoms with Gasteiger partial charge in [0.15, 0.2) is 11.3 Å². The van der Waals surface area contributed by atoms with Gasteiger partial charge in [-0.05, 0) is 32.9 Å². The van der Waals surface area contributed by atoms with E-state index in [9.17, 15) is 24.8 Å². The fourth-order valence-corrected chi connectivity index (χ4v) is 4.29. The molecular formula is C24H24N2O8. The van der Waals surface area contributed by atoms with Crippen LogP contribution in [0.3, 0.4) is 0 Å². The first-order chi connectivity index (χ1) is 16.0. The predicted octanol–water partition coefficient (Wildman–Crippen LogP) is 4.93. The molecule has 0 fully saturated rings. The summed E-state index contributed by atoms with van der Waals surface area (Å²) in [4.78, 5) is 37.7. The molecule has 1 aliphatic rings. The highest BCUT2D eigenvalue weighted by Gasteiger charge is 2.39. The molecule has 34 heavy (non-hydrogen) atoms. The number of aromatic carboxylic acids is 1. The zero-order valence-electron chi connectivity index (χ0n) is 19.2. The Kier molecular flexibility index (Phi) is 5.68. The van der Waals surface area contributed by atoms with Crippen molar-refractivity contribution in [3.8, 4) is 5.75 Å². The van der Waals surface area contributed by atoms with E-state index in [1.807, 2.05) is 0 Å². The van der Waals surface area contributed by atoms with Gasteiger partial charge >= 0.3 is 12.1 Å². The van der Waals surface area contributed by atoms with E-state index in [-0.39, 0.29) is 29.9 Å². The number of rotatable bonds is 4. The maximum atomic E-state index is 12.9. The number of benzene rings is 2. The first kappa shape index (κ1) is 23.1. The predicted molar refractivity (Wildman–Crippen MR) is 121 cm³/mol. The van der Waals surface area contributed by atoms with Crippen molar-refractivity contribution >= 4 is 28.7 Å². The molecule has 0 spiro atoms. The van der Waals surface area contributed by atoms with Gasteiger partial charge in [-0.2, -0.15) is 0 Å². The van der Waals surface area contributed by atoms with Crippen molar-refractivity contribution in [3.63, 3.8) is 0 Å². The van der Waals surface area contributed by atoms with Gasteiger partial charge in [-0.15, -0.1) is 0 Å². The van der Waals surface area contributed by atoms with E-state index in [0.29, 0.717) is 28.0 Å². The third-order valence-electron chi connectivity index (χ3n) is 5.61. The SMILES string of the molecule is COc1ccc(C(=O)O)c2c3c(oc12)CN(C(=O)OC(C)(C)C)CC3c1ccccc1[N+](=O)[O-]. The summed E-state index contributed by atoms with van der Waals surface area (Å²) in [6, 6.07) is 9.10. The smallest absolute Gasteiger partial charge is 0.410 e. The Morgan fingerprint density at radius 1 is 1.21 bits per heavy atom. The summed E-state index contributed by atoms with van der Waals surface area (Å²) in [6.45, 7) is 5.27. The number of nitro benzene ring substituents is 1. The number of nitro groups is 1. The lowest BCUT2D eigenvalue weighted by molar-refractivity contribution is -0.385. The second-order valence-corrected chi connectivity index (χ2v) is 8.99. The van der Waals surface area contributed by atoms with E-state index in [2.05, 4.69) is 0 Å². The number of furan rings is 1. The number of carbonyl (C=O) groups is 2. The van der Waals surface area contributed by atoms with Crippen molar-refractivity contribution in [2.45, 2.75) is 38.8 Å². The molecule has 0 bridgehead atoms. The molecule has 1 atom stereocenters. The number of hydrogen-bond acceptors (Lipinski definition) is 7. The van der Waals surface area contributed by atoms with Gasteiger partial charge < -0.3 is 19.0 Å². The first-order valence-corrected chi connectivity index (χ1v) is 10.6. The summed E-state index contributed by atoms with van der Waals surface area (Å²) >= 11 is 0. The van der Waals surface area contributed by atoms with Crippen LogP contribution in [0, 0.1) is 10.1 Å². The van der Waals surface area contributed by atoms with Crippen molar-refractivity contribution in [1.29, 1.82) is 0 Å². The Labute approximate surface area is 194 Å². The lowest BCUT2D eigenvalue weighted by Crippen LogP contribution is -2.41. The van der Waals surface area contributed by atoms with Crippen LogP contribution in [0.1, 0.15) is 53.9 Å². The fourth-order valence-electron chi connectivity index (χ4n) is 4.29. The van der Waals surface area contributed by atoms with E-state index in [1.165, 1.54) is 30.2 Å². The molecule has 0 saturated heterocycles. The maximum Gasteiger partial charge on any atom is 0.410 e. The highest BCUT2D eigenvalue weighted by Crippen LogP contribution is 2.46. The summed E-state index contributed by atoms with van der Waals surface area (Å²) in [6.07, 6.45) is -0.604. The highest BCUT2D eigenvalue weighted by molar-refractivity contribution is 6.06. The number of nitrogens with zero attached hydrogens (tertiary/aromatic N) is 2. The topological polar surface area (TPSA) is 132 Å². The van der Waals surface area contributed by atoms with Gasteiger partial charge in [0.1, 0.15) is 11.4 Å². The molecule has 0 radical (unpaired) electrons. The highest BCUT2D eigenvalue weighted by atomic mass is 16.6. The molecular weight excluding hydrogens is 444 g/mol. The average molecular weight is 468 g/mol. The molecule has 1 unspecified atom stereocenters. The van der Waals surface area contributed by atoms with E-state index in [1.54, 1.807) is 39.0 Å². The van der Waals surface area contributed by atoms with Crippen LogP contribution in [0.25, 0.3) is 11.0 Å². The quantitative estimate of drug-likeness (QED) is 0.421. The van der Waals surface area contributed by atoms with Gasteiger partial charge in [-0.1, -0.05) is 18.2 Å². The molecule has 178 valence electrons. The number of methoxy groups -OCH3 is 1. The van der Waals surface area contributed by atoms with Gasteiger partial charge in [-0.3, -0.25) is 15.0 Å². The molecule has 1 amide bonds. The summed E-state index contributed by atoms with van der Waals surface area (Å²) < 4.78 is 17.0. The average Bonchev–Trinajstić information content (AvgIpc) is 3.16. The van der Waals surface area contributed by atoms with Crippen molar-refractivity contribution in [2.75, 3.05) is 13.7 Å². The van der Waals surface area contributed by atoms with Crippen LogP contribution in [0.2, 0.25) is 0 Å². The maximum absolute atomic E-state index is 12.9. The number of carboxylic acids is 1. The lowest BCUT2D eigenvalue weighted by atomic mass is 9.84. The molecule has 0 saturated carbocycles. The molecule has 2 heterocycles. The Morgan fingerprint density at radius 2 is 1.91 bits per heavy atom. The molecule has 10 nitrogen and oxygen atoms in total. The minimum atomic E-state index is -1.17. The largest absolute Gasteiger partial charge is 0.493 e. The van der Waals surface area contributed by atoms with Gasteiger partial charge in [-0.25, -0.2) is 9.59 Å². The summed E-state index contributed by atoms with van der Waals surface area (Å²) in [5, 5.41) is 22.0. The van der Waals surface area contributed by atoms with Crippen LogP contribution in [0.4, 0.5) is 10.5 Å². The van der Waals surface area contributed by atoms with Crippen LogP contribution >= 0.6 is 0 Å². The third-order valence-corrected chi connectivity index (χ3v) is 5.61. The molecule has 3 aromatic rings. The Bertz CT molecular complexity index is 1300. The van der Waals surface area contributed by atoms with Gasteiger partial charge in [0.05, 0.1) is 24.1 Å². The zero-order valence-corrected chi connectivity index (χ0v) is 19.2. The van der Waals surface area contributed by atoms with Gasteiger partial charge in [0.25, 0.3) is 5.69 Å². The first-order valence-electron chi connectivity index (χ1n) is 10.6. The number of fused-ring (bicyclic) bond motifs is 3. The molecule has 1 aliphatic heterocycles. The molecule has 2 aromatic carbocycles. The number of carbonyl (C=O) groups excluding carboxylic acids is 1. The van der Waals surface area contributed by atoms with E-state index < -0.39 is 28.5 Å². The lowest BCUT2D eigenvalue weighted by Gasteiger charge is -2.33. The monoisotopic (exact) mass is 468 g/mol. The minimum absolute atomic E-state index is 0.0122. The van der Waals surface area contributed by atoms with Crippen LogP contribution < -0.4 is 4.74 Å². The van der Waals surface area contributed by atoms with Crippen LogP contribution in [-0.2, 0) is 11.3 Å². The van der Waals surface area contributed by atoms with Crippen molar-refractivity contribution < 1.29 is 33.5 Å². The van der Waals surface area contributed by atoms with Crippen molar-refractivity contribution in [3.05, 3.63) is 69.0 Å². The minimum Gasteiger partial charge on any atom is -0.493 e. The zero-order chi connectivity index (χ0) is 24.8. The standard InChI is InChI=1S/C24H24N2O8/c1-24(2,3)34-23(29)25-11-15(13-7-5-6-8-16(13)26(30)31)19-18(12-25)33-21-17(32-4)10-9-14(20(19)21)22(27)28/h5-10,15H,11-12H2,1-4H3,(H,27,28). The molecule has 10 heteroatoms. The Hall–Kier alpha value is -4.08. The second kappa shape index (κ2) is 8.36. The van der Waals surface area contributed by atoms with Gasteiger partial charge in [0, 0.05) is 35.0 Å². The van der Waals surface area contributed by atoms with Crippen molar-refractivity contribution in [2.24, 2.45) is 0 Å². The van der Waals surface area contributed by atoms with E-state index >= 15 is 0 Å². The molecule has 0 aliphatic carbocycles. The summed E-state index contributed by atoms with van der Waals surface area (Å²) in [5.74, 6) is -1.27. The normalized spacial score (nSPS) is 15.6. The number of ether oxygens (including phenoxy) is 2. The third kappa shape index (κ3) is 4.02. The number of carboxylic acid groups (broad SMARTS) is 1. The van der Waals surface area contributed by atoms with E-state index in [4.69, 9.17) is 13.9 Å². The van der Waals surface area contributed by atoms with Gasteiger partial charge in [0.2, 0.25) is 0 Å². The second-order valence-electron chi connectivity index (χ2n) is 8.99. The molecule has 1 N–H and O–H groups in total. The number of hydrogen-bond donors (Lipinski definition) is 1. The summed E-state index contributed by atoms with van der Waals surface area (Å²) in [5.41, 5.74) is 0.124. The Balaban J connectivity index is 1.99. The van der Waals surface area contributed by atoms with Crippen LogP contribution in [0.15, 0.2) is 40.8 Å². The number of para-hydroxylation sites is 1. The van der Waals surface area contributed by atoms with E-state index in [0.717, 1.165) is 0 Å². The molecule has 4 rings (SSSR count). The van der Waals surface area contributed by atoms with Crippen LogP contribution in [-0.4, -0.2) is 46.2 Å².